The maximum absolute atomic E-state index is 13.1. The molecule has 0 spiro atoms. The Morgan fingerprint density at radius 3 is 1.11 bits per heavy atom. The zero-order chi connectivity index (χ0) is 53.0. The number of unbranched alkanes of at least 4 members (excludes halogenated alkanes) is 37. The Kier molecular flexibility index (Phi) is 43.9. The van der Waals surface area contributed by atoms with Gasteiger partial charge in [0.15, 0.2) is 12.6 Å². The average molecular weight is 1050 g/mol. The number of rotatable bonds is 51. The van der Waals surface area contributed by atoms with E-state index in [-0.39, 0.29) is 25.6 Å². The molecule has 0 aliphatic carbocycles. The summed E-state index contributed by atoms with van der Waals surface area (Å²) in [5, 5.41) is 72.3. The van der Waals surface area contributed by atoms with Crippen molar-refractivity contribution < 1.29 is 69.0 Å². The van der Waals surface area contributed by atoms with Gasteiger partial charge in [-0.2, -0.15) is 0 Å². The molecule has 2 rings (SSSR count). The zero-order valence-corrected chi connectivity index (χ0v) is 46.7. The van der Waals surface area contributed by atoms with E-state index >= 15 is 0 Å². The quantitative estimate of drug-likeness (QED) is 0.0223. The first kappa shape index (κ1) is 68.1. The first-order valence-corrected chi connectivity index (χ1v) is 30.6. The summed E-state index contributed by atoms with van der Waals surface area (Å²) < 4.78 is 34.4. The Morgan fingerprint density at radius 2 is 0.726 bits per heavy atom. The van der Waals surface area contributed by atoms with E-state index in [1.54, 1.807) is 0 Å². The molecule has 0 aromatic rings. The van der Waals surface area contributed by atoms with Gasteiger partial charge in [-0.05, 0) is 12.8 Å². The van der Waals surface area contributed by atoms with Crippen LogP contribution in [-0.4, -0.2) is 142 Å². The molecule has 0 aromatic heterocycles. The third-order valence-electron chi connectivity index (χ3n) is 15.1. The lowest BCUT2D eigenvalue weighted by molar-refractivity contribution is -0.332. The van der Waals surface area contributed by atoms with Crippen molar-refractivity contribution in [2.45, 2.75) is 338 Å². The fourth-order valence-electron chi connectivity index (χ4n) is 10.2. The van der Waals surface area contributed by atoms with Crippen LogP contribution in [0.25, 0.3) is 0 Å². The van der Waals surface area contributed by atoms with Crippen LogP contribution in [0.2, 0.25) is 0 Å². The summed E-state index contributed by atoms with van der Waals surface area (Å²) in [5.41, 5.74) is 0. The molecule has 0 saturated carbocycles. The molecule has 11 unspecified atom stereocenters. The van der Waals surface area contributed by atoms with Gasteiger partial charge >= 0.3 is 5.97 Å². The van der Waals surface area contributed by atoms with E-state index in [1.165, 1.54) is 205 Å². The third-order valence-corrected chi connectivity index (χ3v) is 15.1. The van der Waals surface area contributed by atoms with Crippen LogP contribution in [0.5, 0.6) is 0 Å². The van der Waals surface area contributed by atoms with E-state index < -0.39 is 80.7 Å². The highest BCUT2D eigenvalue weighted by atomic mass is 16.7. The first-order chi connectivity index (χ1) is 35.6. The monoisotopic (exact) mass is 1050 g/mol. The van der Waals surface area contributed by atoms with Gasteiger partial charge in [0.25, 0.3) is 0 Å². The predicted octanol–water partition coefficient (Wildman–Crippen LogP) is 11.2. The Labute approximate surface area is 444 Å². The van der Waals surface area contributed by atoms with Crippen molar-refractivity contribution >= 4 is 5.97 Å². The third kappa shape index (κ3) is 33.8. The predicted molar refractivity (Wildman–Crippen MR) is 289 cm³/mol. The van der Waals surface area contributed by atoms with Gasteiger partial charge in [-0.15, -0.1) is 0 Å². The maximum Gasteiger partial charge on any atom is 0.306 e. The topological polar surface area (TPSA) is 214 Å². The lowest BCUT2D eigenvalue weighted by Gasteiger charge is -2.42. The number of esters is 1. The standard InChI is InChI=1S/C59H114O14/c1-3-5-7-9-11-13-15-17-19-20-21-22-23-24-25-26-27-28-29-30-32-34-36-38-40-42-51(61)71-48(45-68-43-41-39-37-35-33-31-18-16-14-12-10-8-6-4-2)46-69-58-57(67)55(65)53(63)50(73-58)47-70-59-56(66)54(64)52(62)49(44-60)72-59/h48-50,52-60,62-67H,3-47H2,1-2H3. The number of ether oxygens (including phenoxy) is 6. The van der Waals surface area contributed by atoms with Gasteiger partial charge in [0, 0.05) is 13.0 Å². The Bertz CT molecular complexity index is 1210. The normalized spacial score (nSPS) is 24.8. The summed E-state index contributed by atoms with van der Waals surface area (Å²) in [6.07, 6.45) is 34.6. The van der Waals surface area contributed by atoms with Crippen molar-refractivity contribution in [3.63, 3.8) is 0 Å². The molecule has 0 bridgehead atoms. The minimum absolute atomic E-state index is 0.0707. The van der Waals surface area contributed by atoms with Crippen LogP contribution in [0, 0.1) is 0 Å². The van der Waals surface area contributed by atoms with Gasteiger partial charge in [-0.25, -0.2) is 0 Å². The maximum atomic E-state index is 13.1. The lowest BCUT2D eigenvalue weighted by Crippen LogP contribution is -2.61. The van der Waals surface area contributed by atoms with E-state index in [2.05, 4.69) is 13.8 Å². The Balaban J connectivity index is 1.65. The van der Waals surface area contributed by atoms with Gasteiger partial charge < -0.3 is 64.2 Å². The average Bonchev–Trinajstić information content (AvgIpc) is 3.39. The molecule has 0 radical (unpaired) electrons. The molecule has 2 heterocycles. The summed E-state index contributed by atoms with van der Waals surface area (Å²) >= 11 is 0. The van der Waals surface area contributed by atoms with Crippen LogP contribution in [-0.2, 0) is 33.2 Å². The molecular weight excluding hydrogens is 933 g/mol. The van der Waals surface area contributed by atoms with Crippen molar-refractivity contribution in [1.29, 1.82) is 0 Å². The molecule has 14 heteroatoms. The fraction of sp³-hybridized carbons (Fsp3) is 0.983. The smallest absolute Gasteiger partial charge is 0.306 e. The minimum atomic E-state index is -1.70. The second-order valence-electron chi connectivity index (χ2n) is 21.9. The molecule has 14 nitrogen and oxygen atoms in total. The Hall–Kier alpha value is -1.01. The van der Waals surface area contributed by atoms with Crippen LogP contribution in [0.15, 0.2) is 0 Å². The number of hydrogen-bond donors (Lipinski definition) is 7. The molecule has 11 atom stereocenters. The van der Waals surface area contributed by atoms with E-state index in [0.717, 1.165) is 44.9 Å². The summed E-state index contributed by atoms with van der Waals surface area (Å²) in [5.74, 6) is -0.367. The SMILES string of the molecule is CCCCCCCCCCCCCCCCCCCCCCCCCCCC(=O)OC(COCCCCCCCCCCCCCCCC)COC1OC(COC2OC(CO)C(O)C(O)C2O)C(O)C(O)C1O. The summed E-state index contributed by atoms with van der Waals surface area (Å²) in [4.78, 5) is 13.1. The van der Waals surface area contributed by atoms with Crippen LogP contribution < -0.4 is 0 Å². The minimum Gasteiger partial charge on any atom is -0.457 e. The highest BCUT2D eigenvalue weighted by molar-refractivity contribution is 5.69. The molecular formula is C59H114O14. The van der Waals surface area contributed by atoms with Crippen LogP contribution in [0.3, 0.4) is 0 Å². The van der Waals surface area contributed by atoms with E-state index in [9.17, 15) is 40.5 Å². The van der Waals surface area contributed by atoms with Crippen molar-refractivity contribution in [3.05, 3.63) is 0 Å². The molecule has 2 fully saturated rings. The largest absolute Gasteiger partial charge is 0.457 e. The van der Waals surface area contributed by atoms with Gasteiger partial charge in [0.2, 0.25) is 0 Å². The molecule has 0 amide bonds. The molecule has 2 saturated heterocycles. The van der Waals surface area contributed by atoms with E-state index in [4.69, 9.17) is 28.4 Å². The Morgan fingerprint density at radius 1 is 0.397 bits per heavy atom. The number of aliphatic hydroxyl groups is 7. The van der Waals surface area contributed by atoms with Gasteiger partial charge in [-0.3, -0.25) is 4.79 Å². The van der Waals surface area contributed by atoms with Crippen molar-refractivity contribution in [1.82, 2.24) is 0 Å². The summed E-state index contributed by atoms with van der Waals surface area (Å²) in [7, 11) is 0. The number of carbonyl (C=O) groups excluding carboxylic acids is 1. The number of hydrogen-bond acceptors (Lipinski definition) is 14. The van der Waals surface area contributed by atoms with Gasteiger partial charge in [-0.1, -0.05) is 251 Å². The zero-order valence-electron chi connectivity index (χ0n) is 46.7. The van der Waals surface area contributed by atoms with E-state index in [0.29, 0.717) is 6.61 Å². The highest BCUT2D eigenvalue weighted by Crippen LogP contribution is 2.27. The molecule has 0 aromatic carbocycles. The van der Waals surface area contributed by atoms with E-state index in [1.807, 2.05) is 0 Å². The second kappa shape index (κ2) is 47.0. The molecule has 7 N–H and O–H groups in total. The molecule has 73 heavy (non-hydrogen) atoms. The van der Waals surface area contributed by atoms with Crippen molar-refractivity contribution in [2.75, 3.05) is 33.0 Å². The summed E-state index contributed by atoms with van der Waals surface area (Å²) in [6.45, 7) is 3.76. The lowest BCUT2D eigenvalue weighted by atomic mass is 9.98. The molecule has 434 valence electrons. The van der Waals surface area contributed by atoms with Crippen LogP contribution in [0.4, 0.5) is 0 Å². The van der Waals surface area contributed by atoms with Gasteiger partial charge in [0.05, 0.1) is 26.4 Å². The molecule has 2 aliphatic heterocycles. The fourth-order valence-corrected chi connectivity index (χ4v) is 10.2. The van der Waals surface area contributed by atoms with Crippen molar-refractivity contribution in [3.8, 4) is 0 Å². The first-order valence-electron chi connectivity index (χ1n) is 30.6. The number of carbonyl (C=O) groups is 1. The number of aliphatic hydroxyl groups excluding tert-OH is 7. The van der Waals surface area contributed by atoms with Gasteiger partial charge in [0.1, 0.15) is 54.9 Å². The highest BCUT2D eigenvalue weighted by Gasteiger charge is 2.47. The molecule has 2 aliphatic rings. The van der Waals surface area contributed by atoms with Crippen molar-refractivity contribution in [2.24, 2.45) is 0 Å². The second-order valence-corrected chi connectivity index (χ2v) is 21.9. The van der Waals surface area contributed by atoms with Crippen LogP contribution >= 0.6 is 0 Å². The van der Waals surface area contributed by atoms with Crippen LogP contribution in [0.1, 0.15) is 271 Å². The summed E-state index contributed by atoms with van der Waals surface area (Å²) in [6, 6.07) is 0.